The van der Waals surface area contributed by atoms with E-state index in [1.807, 2.05) is 61.5 Å². The number of anilines is 1. The lowest BCUT2D eigenvalue weighted by atomic mass is 10.0. The number of aliphatic hydroxyl groups is 1. The van der Waals surface area contributed by atoms with Crippen LogP contribution in [0.3, 0.4) is 0 Å². The van der Waals surface area contributed by atoms with Crippen molar-refractivity contribution in [3.05, 3.63) is 65.7 Å². The maximum Gasteiger partial charge on any atom is 0.224 e. The molecule has 0 saturated carbocycles. The Kier molecular flexibility index (Phi) is 12.5. The van der Waals surface area contributed by atoms with Crippen molar-refractivity contribution in [2.45, 2.75) is 76.8 Å². The number of benzene rings is 2. The summed E-state index contributed by atoms with van der Waals surface area (Å²) < 4.78 is 12.6. The second-order valence-electron chi connectivity index (χ2n) is 9.14. The summed E-state index contributed by atoms with van der Waals surface area (Å²) in [6.45, 7) is 2.06. The maximum atomic E-state index is 12.3. The fraction of sp³-hybridized carbons (Fsp3) is 0.517. The lowest BCUT2D eigenvalue weighted by molar-refractivity contribution is -0.245. The molecule has 3 rings (SSSR count). The number of hydrogen-bond donors (Lipinski definition) is 2. The Morgan fingerprint density at radius 3 is 2.36 bits per heavy atom. The van der Waals surface area contributed by atoms with Crippen LogP contribution < -0.4 is 5.32 Å². The first-order chi connectivity index (χ1) is 17.6. The summed E-state index contributed by atoms with van der Waals surface area (Å²) in [4.78, 5) is 23.7. The van der Waals surface area contributed by atoms with Gasteiger partial charge in [-0.05, 0) is 30.5 Å². The molecule has 196 valence electrons. The fourth-order valence-corrected chi connectivity index (χ4v) is 4.99. The van der Waals surface area contributed by atoms with Gasteiger partial charge in [-0.25, -0.2) is 0 Å². The number of nitrogens with one attached hydrogen (secondary N) is 1. The highest BCUT2D eigenvalue weighted by atomic mass is 32.2. The maximum absolute atomic E-state index is 12.3. The van der Waals surface area contributed by atoms with Crippen LogP contribution in [0, 0.1) is 0 Å². The molecule has 3 unspecified atom stereocenters. The van der Waals surface area contributed by atoms with E-state index in [1.54, 1.807) is 11.8 Å². The van der Waals surface area contributed by atoms with Crippen molar-refractivity contribution in [3.8, 4) is 0 Å². The molecule has 2 aromatic rings. The number of hydrogen-bond acceptors (Lipinski definition) is 6. The number of unbranched alkanes of at least 4 members (excludes halogenated alkanes) is 3. The average Bonchev–Trinajstić information content (AvgIpc) is 2.91. The van der Waals surface area contributed by atoms with Crippen molar-refractivity contribution in [3.63, 3.8) is 0 Å². The lowest BCUT2D eigenvalue weighted by Gasteiger charge is -2.36. The molecular weight excluding hydrogens is 474 g/mol. The van der Waals surface area contributed by atoms with Gasteiger partial charge in [-0.1, -0.05) is 62.2 Å². The predicted molar refractivity (Wildman–Crippen MR) is 145 cm³/mol. The quantitative estimate of drug-likeness (QED) is 0.275. The highest BCUT2D eigenvalue weighted by Crippen LogP contribution is 2.38. The zero-order valence-corrected chi connectivity index (χ0v) is 22.0. The summed E-state index contributed by atoms with van der Waals surface area (Å²) >= 11 is 1.68. The first kappa shape index (κ1) is 28.4. The van der Waals surface area contributed by atoms with Crippen molar-refractivity contribution in [2.75, 3.05) is 23.4 Å². The first-order valence-electron chi connectivity index (χ1n) is 13.0. The van der Waals surface area contributed by atoms with Crippen LogP contribution >= 0.6 is 11.8 Å². The Balaban J connectivity index is 1.50. The minimum Gasteiger partial charge on any atom is -0.396 e. The standard InChI is InChI=1S/C29H39NO5S/c1-2-25(32)12-8-3-4-9-13-28(33)30-24-16-14-22(15-17-24)27-20-26(21-36-19-18-31)34-29(35-27)23-10-6-5-7-11-23/h5-7,10-11,14-17,26-27,29,31H,2-4,8-9,12-13,18-21H2,1H3,(H,30,33). The Bertz CT molecular complexity index is 921. The fourth-order valence-electron chi connectivity index (χ4n) is 4.22. The smallest absolute Gasteiger partial charge is 0.224 e. The normalized spacial score (nSPS) is 19.7. The van der Waals surface area contributed by atoms with Crippen molar-refractivity contribution in [2.24, 2.45) is 0 Å². The van der Waals surface area contributed by atoms with E-state index in [1.165, 1.54) is 0 Å². The summed E-state index contributed by atoms with van der Waals surface area (Å²) in [5.74, 6) is 1.81. The molecule has 1 amide bonds. The summed E-state index contributed by atoms with van der Waals surface area (Å²) in [5, 5.41) is 12.1. The third-order valence-electron chi connectivity index (χ3n) is 6.26. The number of Topliss-reactive ketones (excluding diaryl/α,β-unsaturated/α-hetero) is 1. The van der Waals surface area contributed by atoms with Crippen LogP contribution in [0.25, 0.3) is 0 Å². The summed E-state index contributed by atoms with van der Waals surface area (Å²) in [7, 11) is 0. The highest BCUT2D eigenvalue weighted by Gasteiger charge is 2.32. The van der Waals surface area contributed by atoms with Gasteiger partial charge in [0.2, 0.25) is 5.91 Å². The third-order valence-corrected chi connectivity index (χ3v) is 7.34. The van der Waals surface area contributed by atoms with Gasteiger partial charge >= 0.3 is 0 Å². The van der Waals surface area contributed by atoms with Crippen molar-refractivity contribution >= 4 is 29.1 Å². The molecule has 0 spiro atoms. The third kappa shape index (κ3) is 9.69. The molecule has 0 radical (unpaired) electrons. The van der Waals surface area contributed by atoms with Gasteiger partial charge < -0.3 is 19.9 Å². The van der Waals surface area contributed by atoms with Gasteiger partial charge in [0.25, 0.3) is 0 Å². The first-order valence-corrected chi connectivity index (χ1v) is 14.2. The minimum atomic E-state index is -0.441. The van der Waals surface area contributed by atoms with Crippen LogP contribution in [0.15, 0.2) is 54.6 Å². The van der Waals surface area contributed by atoms with E-state index in [0.717, 1.165) is 54.7 Å². The van der Waals surface area contributed by atoms with Crippen LogP contribution in [0.1, 0.15) is 81.8 Å². The minimum absolute atomic E-state index is 0.0137. The van der Waals surface area contributed by atoms with Gasteiger partial charge in [0, 0.05) is 48.4 Å². The number of ether oxygens (including phenoxy) is 2. The largest absolute Gasteiger partial charge is 0.396 e. The molecule has 1 heterocycles. The van der Waals surface area contributed by atoms with Crippen LogP contribution in [-0.2, 0) is 19.1 Å². The van der Waals surface area contributed by atoms with Gasteiger partial charge in [-0.3, -0.25) is 9.59 Å². The molecule has 0 aromatic heterocycles. The van der Waals surface area contributed by atoms with Crippen molar-refractivity contribution < 1.29 is 24.2 Å². The molecule has 1 aliphatic heterocycles. The van der Waals surface area contributed by atoms with Crippen LogP contribution in [0.5, 0.6) is 0 Å². The summed E-state index contributed by atoms with van der Waals surface area (Å²) in [6.07, 6.45) is 5.64. The monoisotopic (exact) mass is 513 g/mol. The van der Waals surface area contributed by atoms with Crippen LogP contribution in [0.2, 0.25) is 0 Å². The molecular formula is C29H39NO5S. The number of carbonyl (C=O) groups is 2. The van der Waals surface area contributed by atoms with E-state index in [0.29, 0.717) is 30.8 Å². The molecule has 1 saturated heterocycles. The second-order valence-corrected chi connectivity index (χ2v) is 10.3. The molecule has 1 fully saturated rings. The second kappa shape index (κ2) is 15.8. The van der Waals surface area contributed by atoms with E-state index in [-0.39, 0.29) is 24.7 Å². The summed E-state index contributed by atoms with van der Waals surface area (Å²) in [6, 6.07) is 17.8. The number of carbonyl (C=O) groups excluding carboxylic acids is 2. The Hall–Kier alpha value is -2.19. The van der Waals surface area contributed by atoms with E-state index >= 15 is 0 Å². The van der Waals surface area contributed by atoms with Gasteiger partial charge in [0.05, 0.1) is 18.8 Å². The van der Waals surface area contributed by atoms with E-state index in [4.69, 9.17) is 14.6 Å². The molecule has 3 atom stereocenters. The number of ketones is 1. The van der Waals surface area contributed by atoms with E-state index in [2.05, 4.69) is 5.32 Å². The zero-order chi connectivity index (χ0) is 25.6. The summed E-state index contributed by atoms with van der Waals surface area (Å²) in [5.41, 5.74) is 2.82. The van der Waals surface area contributed by atoms with Crippen molar-refractivity contribution in [1.82, 2.24) is 0 Å². The molecule has 1 aliphatic rings. The topological polar surface area (TPSA) is 84.9 Å². The van der Waals surface area contributed by atoms with Gasteiger partial charge in [-0.2, -0.15) is 11.8 Å². The Labute approximate surface area is 219 Å². The molecule has 7 heteroatoms. The number of amides is 1. The van der Waals surface area contributed by atoms with Crippen LogP contribution in [0.4, 0.5) is 5.69 Å². The Morgan fingerprint density at radius 2 is 1.67 bits per heavy atom. The van der Waals surface area contributed by atoms with E-state index < -0.39 is 6.29 Å². The average molecular weight is 514 g/mol. The molecule has 6 nitrogen and oxygen atoms in total. The van der Waals surface area contributed by atoms with Gasteiger partial charge in [0.1, 0.15) is 5.78 Å². The predicted octanol–water partition coefficient (Wildman–Crippen LogP) is 6.22. The number of aliphatic hydroxyl groups excluding tert-OH is 1. The van der Waals surface area contributed by atoms with Crippen molar-refractivity contribution in [1.29, 1.82) is 0 Å². The van der Waals surface area contributed by atoms with Crippen LogP contribution in [-0.4, -0.2) is 41.0 Å². The Morgan fingerprint density at radius 1 is 0.944 bits per heavy atom. The molecule has 2 N–H and O–H groups in total. The molecule has 0 aliphatic carbocycles. The SMILES string of the molecule is CCC(=O)CCCCCCC(=O)Nc1ccc(C2CC(CSCCO)OC(c3ccccc3)O2)cc1. The number of rotatable bonds is 15. The van der Waals surface area contributed by atoms with Gasteiger partial charge in [0.15, 0.2) is 6.29 Å². The number of thioether (sulfide) groups is 1. The lowest BCUT2D eigenvalue weighted by Crippen LogP contribution is -2.31. The molecule has 36 heavy (non-hydrogen) atoms. The van der Waals surface area contributed by atoms with Gasteiger partial charge in [-0.15, -0.1) is 0 Å². The zero-order valence-electron chi connectivity index (χ0n) is 21.2. The molecule has 2 aromatic carbocycles. The van der Waals surface area contributed by atoms with E-state index in [9.17, 15) is 9.59 Å². The molecule has 0 bridgehead atoms. The highest BCUT2D eigenvalue weighted by molar-refractivity contribution is 7.99.